The topological polar surface area (TPSA) is 13.1 Å². The van der Waals surface area contributed by atoms with E-state index in [9.17, 15) is 0 Å². The second-order valence-electron chi connectivity index (χ2n) is 5.83. The number of hydrogen-bond donors (Lipinski definition) is 0. The summed E-state index contributed by atoms with van der Waals surface area (Å²) < 4.78 is 21.4. The van der Waals surface area contributed by atoms with Crippen molar-refractivity contribution in [3.63, 3.8) is 0 Å². The molecule has 0 N–H and O–H groups in total. The molecule has 1 aromatic heterocycles. The van der Waals surface area contributed by atoms with Gasteiger partial charge in [0.05, 0.1) is 5.56 Å². The first-order chi connectivity index (χ1) is 12.6. The molecule has 26 heavy (non-hydrogen) atoms. The number of benzene rings is 3. The van der Waals surface area contributed by atoms with Crippen molar-refractivity contribution in [2.24, 2.45) is 0 Å². The molecule has 0 amide bonds. The van der Waals surface area contributed by atoms with Crippen LogP contribution in [-0.4, -0.2) is 0 Å². The summed E-state index contributed by atoms with van der Waals surface area (Å²) in [5.74, 6) is 0.259. The SMILES string of the molecule is Fc1c(-c2ccc(Cl)cc2)oc(-c2ccccc2)c1-c1ccc(Cl)cc1. The summed E-state index contributed by atoms with van der Waals surface area (Å²) in [5.41, 5.74) is 2.55. The van der Waals surface area contributed by atoms with Crippen LogP contribution >= 0.6 is 23.2 Å². The van der Waals surface area contributed by atoms with E-state index >= 15 is 4.39 Å². The number of halogens is 3. The standard InChI is InChI=1S/C22H13Cl2FO/c23-17-10-6-14(7-11-17)19-20(25)22(16-8-12-18(24)13-9-16)26-21(19)15-4-2-1-3-5-15/h1-13H. The van der Waals surface area contributed by atoms with Crippen LogP contribution in [0.2, 0.25) is 10.0 Å². The molecule has 4 aromatic rings. The quantitative estimate of drug-likeness (QED) is 0.353. The monoisotopic (exact) mass is 382 g/mol. The molecule has 0 spiro atoms. The van der Waals surface area contributed by atoms with Crippen molar-refractivity contribution >= 4 is 23.2 Å². The predicted octanol–water partition coefficient (Wildman–Crippen LogP) is 7.73. The first kappa shape index (κ1) is 16.9. The molecule has 0 aliphatic heterocycles. The summed E-state index contributed by atoms with van der Waals surface area (Å²) in [5, 5.41) is 1.18. The van der Waals surface area contributed by atoms with Crippen LogP contribution in [0.15, 0.2) is 83.3 Å². The van der Waals surface area contributed by atoms with E-state index in [0.29, 0.717) is 32.5 Å². The van der Waals surface area contributed by atoms with Crippen LogP contribution in [0.3, 0.4) is 0 Å². The Bertz CT molecular complexity index is 1040. The van der Waals surface area contributed by atoms with E-state index in [4.69, 9.17) is 27.6 Å². The van der Waals surface area contributed by atoms with Crippen molar-refractivity contribution in [2.75, 3.05) is 0 Å². The molecule has 0 saturated heterocycles. The third-order valence-electron chi connectivity index (χ3n) is 4.13. The van der Waals surface area contributed by atoms with E-state index in [0.717, 1.165) is 5.56 Å². The van der Waals surface area contributed by atoms with Gasteiger partial charge in [0.15, 0.2) is 11.6 Å². The van der Waals surface area contributed by atoms with Crippen LogP contribution < -0.4 is 0 Å². The molecule has 3 aromatic carbocycles. The molecule has 0 fully saturated rings. The molecule has 4 heteroatoms. The predicted molar refractivity (Wildman–Crippen MR) is 105 cm³/mol. The molecular weight excluding hydrogens is 370 g/mol. The Kier molecular flexibility index (Phi) is 4.54. The molecule has 0 radical (unpaired) electrons. The summed E-state index contributed by atoms with van der Waals surface area (Å²) in [6.07, 6.45) is 0. The lowest BCUT2D eigenvalue weighted by Gasteiger charge is -2.03. The maximum absolute atomic E-state index is 15.4. The lowest BCUT2D eigenvalue weighted by atomic mass is 10.0. The molecule has 0 aliphatic rings. The lowest BCUT2D eigenvalue weighted by Crippen LogP contribution is -1.84. The maximum atomic E-state index is 15.4. The molecule has 1 heterocycles. The van der Waals surface area contributed by atoms with E-state index in [1.807, 2.05) is 30.3 Å². The van der Waals surface area contributed by atoms with Gasteiger partial charge < -0.3 is 4.42 Å². The summed E-state index contributed by atoms with van der Waals surface area (Å²) >= 11 is 11.9. The molecule has 0 aliphatic carbocycles. The molecule has 0 saturated carbocycles. The second kappa shape index (κ2) is 6.99. The van der Waals surface area contributed by atoms with E-state index < -0.39 is 5.82 Å². The largest absolute Gasteiger partial charge is 0.452 e. The second-order valence-corrected chi connectivity index (χ2v) is 6.70. The smallest absolute Gasteiger partial charge is 0.177 e. The molecule has 0 bridgehead atoms. The summed E-state index contributed by atoms with van der Waals surface area (Å²) in [6, 6.07) is 23.4. The molecule has 4 rings (SSSR count). The zero-order chi connectivity index (χ0) is 18.1. The average Bonchev–Trinajstić information content (AvgIpc) is 3.01. The van der Waals surface area contributed by atoms with E-state index in [1.54, 1.807) is 48.5 Å². The van der Waals surface area contributed by atoms with E-state index in [-0.39, 0.29) is 5.76 Å². The van der Waals surface area contributed by atoms with Crippen molar-refractivity contribution < 1.29 is 8.81 Å². The Morgan fingerprint density at radius 2 is 1.08 bits per heavy atom. The van der Waals surface area contributed by atoms with Gasteiger partial charge >= 0.3 is 0 Å². The average molecular weight is 383 g/mol. The first-order valence-electron chi connectivity index (χ1n) is 8.03. The van der Waals surface area contributed by atoms with Crippen molar-refractivity contribution in [1.29, 1.82) is 0 Å². The van der Waals surface area contributed by atoms with Crippen LogP contribution in [0.5, 0.6) is 0 Å². The van der Waals surface area contributed by atoms with Gasteiger partial charge in [-0.05, 0) is 42.0 Å². The van der Waals surface area contributed by atoms with Crippen molar-refractivity contribution in [2.45, 2.75) is 0 Å². The third kappa shape index (κ3) is 3.14. The number of rotatable bonds is 3. The van der Waals surface area contributed by atoms with Gasteiger partial charge in [-0.3, -0.25) is 0 Å². The van der Waals surface area contributed by atoms with Gasteiger partial charge in [0.1, 0.15) is 5.76 Å². The van der Waals surface area contributed by atoms with Crippen LogP contribution in [0.25, 0.3) is 33.8 Å². The normalized spacial score (nSPS) is 10.9. The number of furan rings is 1. The van der Waals surface area contributed by atoms with Gasteiger partial charge in [-0.25, -0.2) is 4.39 Å². The summed E-state index contributed by atoms with van der Waals surface area (Å²) in [6.45, 7) is 0. The van der Waals surface area contributed by atoms with Crippen LogP contribution in [0.4, 0.5) is 4.39 Å². The highest BCUT2D eigenvalue weighted by Crippen LogP contribution is 2.42. The fourth-order valence-corrected chi connectivity index (χ4v) is 3.12. The summed E-state index contributed by atoms with van der Waals surface area (Å²) in [7, 11) is 0. The molecule has 0 atom stereocenters. The number of hydrogen-bond acceptors (Lipinski definition) is 1. The Balaban J connectivity index is 1.96. The zero-order valence-electron chi connectivity index (χ0n) is 13.5. The van der Waals surface area contributed by atoms with Crippen molar-refractivity contribution in [1.82, 2.24) is 0 Å². The molecular formula is C22H13Cl2FO. The minimum Gasteiger partial charge on any atom is -0.452 e. The highest BCUT2D eigenvalue weighted by Gasteiger charge is 2.24. The van der Waals surface area contributed by atoms with Gasteiger partial charge in [0, 0.05) is 21.2 Å². The maximum Gasteiger partial charge on any atom is 0.177 e. The lowest BCUT2D eigenvalue weighted by molar-refractivity contribution is 0.558. The Hall–Kier alpha value is -2.55. The minimum absolute atomic E-state index is 0.186. The Labute approximate surface area is 160 Å². The third-order valence-corrected chi connectivity index (χ3v) is 4.63. The van der Waals surface area contributed by atoms with Crippen molar-refractivity contribution in [3.05, 3.63) is 94.7 Å². The molecule has 128 valence electrons. The van der Waals surface area contributed by atoms with Gasteiger partial charge in [0.25, 0.3) is 0 Å². The highest BCUT2D eigenvalue weighted by molar-refractivity contribution is 6.31. The fourth-order valence-electron chi connectivity index (χ4n) is 2.87. The zero-order valence-corrected chi connectivity index (χ0v) is 15.1. The van der Waals surface area contributed by atoms with Crippen molar-refractivity contribution in [3.8, 4) is 33.8 Å². The van der Waals surface area contributed by atoms with E-state index in [2.05, 4.69) is 0 Å². The Morgan fingerprint density at radius 3 is 1.65 bits per heavy atom. The van der Waals surface area contributed by atoms with Crippen LogP contribution in [0.1, 0.15) is 0 Å². The van der Waals surface area contributed by atoms with Crippen LogP contribution in [0, 0.1) is 5.82 Å². The van der Waals surface area contributed by atoms with Crippen LogP contribution in [-0.2, 0) is 0 Å². The van der Waals surface area contributed by atoms with Gasteiger partial charge in [-0.15, -0.1) is 0 Å². The molecule has 0 unspecified atom stereocenters. The Morgan fingerprint density at radius 1 is 0.577 bits per heavy atom. The highest BCUT2D eigenvalue weighted by atomic mass is 35.5. The first-order valence-corrected chi connectivity index (χ1v) is 8.78. The molecule has 1 nitrogen and oxygen atoms in total. The van der Waals surface area contributed by atoms with E-state index in [1.165, 1.54) is 0 Å². The summed E-state index contributed by atoms with van der Waals surface area (Å²) in [4.78, 5) is 0. The van der Waals surface area contributed by atoms with Gasteiger partial charge in [0.2, 0.25) is 0 Å². The fraction of sp³-hybridized carbons (Fsp3) is 0. The van der Waals surface area contributed by atoms with Gasteiger partial charge in [-0.1, -0.05) is 65.7 Å². The van der Waals surface area contributed by atoms with Gasteiger partial charge in [-0.2, -0.15) is 0 Å². The minimum atomic E-state index is -0.409.